The van der Waals surface area contributed by atoms with Gasteiger partial charge in [-0.3, -0.25) is 0 Å². The third-order valence-corrected chi connectivity index (χ3v) is 3.79. The van der Waals surface area contributed by atoms with Crippen molar-refractivity contribution < 1.29 is 0 Å². The van der Waals surface area contributed by atoms with Gasteiger partial charge < -0.3 is 0 Å². The van der Waals surface area contributed by atoms with E-state index in [9.17, 15) is 0 Å². The van der Waals surface area contributed by atoms with Crippen molar-refractivity contribution in [2.24, 2.45) is 5.92 Å². The van der Waals surface area contributed by atoms with Crippen LogP contribution in [0.25, 0.3) is 0 Å². The van der Waals surface area contributed by atoms with Crippen molar-refractivity contribution >= 4 is 23.2 Å². The highest BCUT2D eigenvalue weighted by molar-refractivity contribution is 6.55. The van der Waals surface area contributed by atoms with E-state index in [0.29, 0.717) is 10.4 Å². The van der Waals surface area contributed by atoms with Gasteiger partial charge in [0.05, 0.1) is 0 Å². The highest BCUT2D eigenvalue weighted by atomic mass is 35.5. The molecular formula is C15H20Cl2. The zero-order valence-corrected chi connectivity index (χ0v) is 12.7. The van der Waals surface area contributed by atoms with Gasteiger partial charge in [0, 0.05) is 5.41 Å². The Labute approximate surface area is 115 Å². The first kappa shape index (κ1) is 14.6. The summed E-state index contributed by atoms with van der Waals surface area (Å²) in [5.74, 6) is 0.427. The van der Waals surface area contributed by atoms with E-state index in [-0.39, 0.29) is 5.41 Å². The zero-order chi connectivity index (χ0) is 13.2. The molecule has 2 heteroatoms. The highest BCUT2D eigenvalue weighted by Gasteiger charge is 2.29. The maximum absolute atomic E-state index is 5.87. The van der Waals surface area contributed by atoms with Gasteiger partial charge in [-0.25, -0.2) is 0 Å². The largest absolute Gasteiger partial charge is 0.103 e. The Morgan fingerprint density at radius 3 is 2.24 bits per heavy atom. The van der Waals surface area contributed by atoms with E-state index in [2.05, 4.69) is 52.8 Å². The van der Waals surface area contributed by atoms with Gasteiger partial charge >= 0.3 is 0 Å². The van der Waals surface area contributed by atoms with E-state index in [0.717, 1.165) is 0 Å². The molecule has 0 aliphatic carbocycles. The first-order chi connectivity index (χ1) is 7.77. The smallest absolute Gasteiger partial charge is 0.0712 e. The van der Waals surface area contributed by atoms with Gasteiger partial charge in [-0.15, -0.1) is 0 Å². The quantitative estimate of drug-likeness (QED) is 0.677. The van der Waals surface area contributed by atoms with E-state index in [1.807, 2.05) is 6.08 Å². The third kappa shape index (κ3) is 3.26. The molecule has 0 spiro atoms. The fraction of sp³-hybridized carbons (Fsp3) is 0.467. The molecular weight excluding hydrogens is 251 g/mol. The number of aryl methyl sites for hydroxylation is 2. The van der Waals surface area contributed by atoms with Crippen LogP contribution in [-0.2, 0) is 5.41 Å². The SMILES string of the molecule is Cc1ccc(C(C)(C=C(Cl)Cl)C(C)C)c(C)c1. The summed E-state index contributed by atoms with van der Waals surface area (Å²) in [7, 11) is 0. The van der Waals surface area contributed by atoms with Gasteiger partial charge in [-0.1, -0.05) is 67.7 Å². The van der Waals surface area contributed by atoms with Crippen LogP contribution in [0.1, 0.15) is 37.5 Å². The highest BCUT2D eigenvalue weighted by Crippen LogP contribution is 2.37. The molecule has 17 heavy (non-hydrogen) atoms. The lowest BCUT2D eigenvalue weighted by molar-refractivity contribution is 0.418. The summed E-state index contributed by atoms with van der Waals surface area (Å²) < 4.78 is 0.334. The van der Waals surface area contributed by atoms with Crippen LogP contribution in [0.15, 0.2) is 28.8 Å². The van der Waals surface area contributed by atoms with E-state index >= 15 is 0 Å². The maximum Gasteiger partial charge on any atom is 0.103 e. The number of hydrogen-bond donors (Lipinski definition) is 0. The van der Waals surface area contributed by atoms with Gasteiger partial charge in [0.25, 0.3) is 0 Å². The Bertz CT molecular complexity index is 429. The average Bonchev–Trinajstić information content (AvgIpc) is 2.15. The molecule has 1 unspecified atom stereocenters. The molecule has 0 saturated heterocycles. The summed E-state index contributed by atoms with van der Waals surface area (Å²) in [5, 5.41) is 0. The molecule has 0 heterocycles. The molecule has 0 aliphatic heterocycles. The molecule has 1 atom stereocenters. The van der Waals surface area contributed by atoms with Crippen molar-refractivity contribution in [3.63, 3.8) is 0 Å². The molecule has 1 aromatic rings. The van der Waals surface area contributed by atoms with Crippen LogP contribution in [0.3, 0.4) is 0 Å². The van der Waals surface area contributed by atoms with E-state index in [1.165, 1.54) is 16.7 Å². The van der Waals surface area contributed by atoms with Crippen molar-refractivity contribution in [3.05, 3.63) is 45.5 Å². The molecule has 0 N–H and O–H groups in total. The second-order valence-corrected chi connectivity index (χ2v) is 6.20. The van der Waals surface area contributed by atoms with Crippen LogP contribution in [0, 0.1) is 19.8 Å². The first-order valence-corrected chi connectivity index (χ1v) is 6.64. The fourth-order valence-corrected chi connectivity index (χ4v) is 2.65. The van der Waals surface area contributed by atoms with Crippen molar-refractivity contribution in [3.8, 4) is 0 Å². The Kier molecular flexibility index (Phi) is 4.69. The van der Waals surface area contributed by atoms with E-state index in [1.54, 1.807) is 0 Å². The van der Waals surface area contributed by atoms with Crippen molar-refractivity contribution in [2.45, 2.75) is 40.0 Å². The number of allylic oxidation sites excluding steroid dienone is 1. The average molecular weight is 271 g/mol. The Morgan fingerprint density at radius 1 is 1.24 bits per heavy atom. The van der Waals surface area contributed by atoms with Crippen LogP contribution in [-0.4, -0.2) is 0 Å². The molecule has 0 saturated carbocycles. The minimum absolute atomic E-state index is 0.128. The molecule has 1 rings (SSSR count). The predicted octanol–water partition coefficient (Wildman–Crippen LogP) is 5.54. The third-order valence-electron chi connectivity index (χ3n) is 3.57. The van der Waals surface area contributed by atoms with Gasteiger partial charge in [0.1, 0.15) is 4.49 Å². The van der Waals surface area contributed by atoms with E-state index in [4.69, 9.17) is 23.2 Å². The summed E-state index contributed by atoms with van der Waals surface area (Å²) in [6.45, 7) is 10.8. The van der Waals surface area contributed by atoms with Gasteiger partial charge in [-0.2, -0.15) is 0 Å². The minimum Gasteiger partial charge on any atom is -0.0712 e. The monoisotopic (exact) mass is 270 g/mol. The number of benzene rings is 1. The molecule has 0 amide bonds. The van der Waals surface area contributed by atoms with Gasteiger partial charge in [0.15, 0.2) is 0 Å². The Morgan fingerprint density at radius 2 is 1.82 bits per heavy atom. The van der Waals surface area contributed by atoms with Gasteiger partial charge in [-0.05, 0) is 37.0 Å². The lowest BCUT2D eigenvalue weighted by Crippen LogP contribution is -2.27. The van der Waals surface area contributed by atoms with Crippen molar-refractivity contribution in [2.75, 3.05) is 0 Å². The molecule has 0 radical (unpaired) electrons. The molecule has 0 aromatic heterocycles. The summed E-state index contributed by atoms with van der Waals surface area (Å²) >= 11 is 11.7. The zero-order valence-electron chi connectivity index (χ0n) is 11.1. The Hall–Kier alpha value is -0.460. The van der Waals surface area contributed by atoms with Crippen LogP contribution in [0.5, 0.6) is 0 Å². The topological polar surface area (TPSA) is 0 Å². The second-order valence-electron chi connectivity index (χ2n) is 5.19. The molecule has 94 valence electrons. The maximum atomic E-state index is 5.87. The minimum atomic E-state index is -0.128. The number of rotatable bonds is 3. The van der Waals surface area contributed by atoms with Crippen molar-refractivity contribution in [1.82, 2.24) is 0 Å². The second kappa shape index (κ2) is 5.46. The van der Waals surface area contributed by atoms with Gasteiger partial charge in [0.2, 0.25) is 0 Å². The molecule has 0 fully saturated rings. The first-order valence-electron chi connectivity index (χ1n) is 5.89. The Balaban J connectivity index is 3.38. The normalized spacial score (nSPS) is 14.6. The predicted molar refractivity (Wildman–Crippen MR) is 77.9 cm³/mol. The standard InChI is InChI=1S/C15H20Cl2/c1-10(2)15(5,9-14(16)17)13-7-6-11(3)8-12(13)4/h6-10H,1-5H3. The lowest BCUT2D eigenvalue weighted by Gasteiger charge is -2.33. The van der Waals surface area contributed by atoms with Crippen LogP contribution in [0.4, 0.5) is 0 Å². The molecule has 1 aromatic carbocycles. The molecule has 0 nitrogen and oxygen atoms in total. The molecule has 0 aliphatic rings. The fourth-order valence-electron chi connectivity index (χ4n) is 2.20. The summed E-state index contributed by atoms with van der Waals surface area (Å²) in [5.41, 5.74) is 3.72. The molecule has 0 bridgehead atoms. The van der Waals surface area contributed by atoms with Crippen LogP contribution < -0.4 is 0 Å². The summed E-state index contributed by atoms with van der Waals surface area (Å²) in [6.07, 6.45) is 1.94. The van der Waals surface area contributed by atoms with E-state index < -0.39 is 0 Å². The number of halogens is 2. The summed E-state index contributed by atoms with van der Waals surface area (Å²) in [4.78, 5) is 0. The van der Waals surface area contributed by atoms with Crippen LogP contribution in [0.2, 0.25) is 0 Å². The lowest BCUT2D eigenvalue weighted by atomic mass is 9.72. The van der Waals surface area contributed by atoms with Crippen molar-refractivity contribution in [1.29, 1.82) is 0 Å². The van der Waals surface area contributed by atoms with Crippen LogP contribution >= 0.6 is 23.2 Å². The number of hydrogen-bond acceptors (Lipinski definition) is 0. The summed E-state index contributed by atoms with van der Waals surface area (Å²) in [6, 6.07) is 6.52.